The molecule has 2 aromatic rings. The summed E-state index contributed by atoms with van der Waals surface area (Å²) < 4.78 is 27.8. The van der Waals surface area contributed by atoms with Crippen LogP contribution in [0, 0.1) is 0 Å². The number of methoxy groups -OCH3 is 3. The van der Waals surface area contributed by atoms with Gasteiger partial charge in [0, 0.05) is 36.2 Å². The zero-order chi connectivity index (χ0) is 21.3. The minimum atomic E-state index is -0.0732. The molecule has 0 radical (unpaired) electrons. The van der Waals surface area contributed by atoms with Gasteiger partial charge in [0.2, 0.25) is 12.5 Å². The summed E-state index contributed by atoms with van der Waals surface area (Å²) in [6.45, 7) is 1.04. The molecule has 2 aliphatic rings. The predicted octanol–water partition coefficient (Wildman–Crippen LogP) is 3.24. The maximum Gasteiger partial charge on any atom is 0.231 e. The third-order valence-corrected chi connectivity index (χ3v) is 5.77. The van der Waals surface area contributed by atoms with Crippen LogP contribution in [0.3, 0.4) is 0 Å². The standard InChI is InChI=1S/C22H26N2O6/c1-24-8-7-13-9-19-21(30-12-29-19)22(28-4)20(13)17(24)11-16(23-25)15-6-5-14(26-2)10-18(15)27-3/h5-6,9-10,17,25H,7-8,11-12H2,1-4H3/b23-16+/t17-/m1/s1. The molecule has 2 heterocycles. The summed E-state index contributed by atoms with van der Waals surface area (Å²) in [5.74, 6) is 3.26. The molecule has 2 aliphatic heterocycles. The van der Waals surface area contributed by atoms with E-state index in [9.17, 15) is 5.21 Å². The molecule has 4 rings (SSSR count). The van der Waals surface area contributed by atoms with Crippen molar-refractivity contribution in [3.8, 4) is 28.7 Å². The van der Waals surface area contributed by atoms with Crippen LogP contribution in [0.5, 0.6) is 28.7 Å². The zero-order valence-electron chi connectivity index (χ0n) is 17.6. The zero-order valence-corrected chi connectivity index (χ0v) is 17.6. The molecule has 160 valence electrons. The van der Waals surface area contributed by atoms with Crippen LogP contribution in [0.25, 0.3) is 0 Å². The average Bonchev–Trinajstić information content (AvgIpc) is 3.25. The van der Waals surface area contributed by atoms with E-state index in [1.54, 1.807) is 27.4 Å². The van der Waals surface area contributed by atoms with E-state index in [1.165, 1.54) is 0 Å². The maximum atomic E-state index is 9.88. The number of hydrogen-bond donors (Lipinski definition) is 1. The largest absolute Gasteiger partial charge is 0.497 e. The summed E-state index contributed by atoms with van der Waals surface area (Å²) in [7, 11) is 6.87. The van der Waals surface area contributed by atoms with Crippen LogP contribution in [0.2, 0.25) is 0 Å². The third kappa shape index (κ3) is 3.37. The molecule has 0 saturated carbocycles. The summed E-state index contributed by atoms with van der Waals surface area (Å²) in [6.07, 6.45) is 1.32. The molecule has 0 unspecified atom stereocenters. The highest BCUT2D eigenvalue weighted by atomic mass is 16.7. The quantitative estimate of drug-likeness (QED) is 0.441. The molecule has 1 N–H and O–H groups in total. The Morgan fingerprint density at radius 2 is 2.00 bits per heavy atom. The van der Waals surface area contributed by atoms with Crippen molar-refractivity contribution in [1.29, 1.82) is 0 Å². The first-order chi connectivity index (χ1) is 14.6. The fourth-order valence-electron chi connectivity index (χ4n) is 4.21. The van der Waals surface area contributed by atoms with Crippen LogP contribution in [0.15, 0.2) is 29.4 Å². The Labute approximate surface area is 175 Å². The number of fused-ring (bicyclic) bond motifs is 2. The lowest BCUT2D eigenvalue weighted by atomic mass is 9.87. The van der Waals surface area contributed by atoms with E-state index in [0.29, 0.717) is 46.4 Å². The van der Waals surface area contributed by atoms with E-state index in [4.69, 9.17) is 23.7 Å². The number of ether oxygens (including phenoxy) is 5. The summed E-state index contributed by atoms with van der Waals surface area (Å²) in [5, 5.41) is 13.5. The molecule has 8 heteroatoms. The van der Waals surface area contributed by atoms with Crippen LogP contribution in [0.4, 0.5) is 0 Å². The van der Waals surface area contributed by atoms with Crippen LogP contribution in [-0.4, -0.2) is 57.5 Å². The average molecular weight is 414 g/mol. The Kier molecular flexibility index (Phi) is 5.59. The monoisotopic (exact) mass is 414 g/mol. The number of benzene rings is 2. The molecule has 1 atom stereocenters. The van der Waals surface area contributed by atoms with Gasteiger partial charge in [-0.15, -0.1) is 0 Å². The lowest BCUT2D eigenvalue weighted by Crippen LogP contribution is -2.34. The number of nitrogens with zero attached hydrogens (tertiary/aromatic N) is 2. The van der Waals surface area contributed by atoms with Crippen LogP contribution in [-0.2, 0) is 6.42 Å². The van der Waals surface area contributed by atoms with Crippen LogP contribution < -0.4 is 23.7 Å². The van der Waals surface area contributed by atoms with E-state index in [-0.39, 0.29) is 12.8 Å². The first kappa shape index (κ1) is 20.2. The molecule has 0 spiro atoms. The van der Waals surface area contributed by atoms with Gasteiger partial charge >= 0.3 is 0 Å². The second-order valence-corrected chi connectivity index (χ2v) is 7.28. The summed E-state index contributed by atoms with van der Waals surface area (Å²) >= 11 is 0. The lowest BCUT2D eigenvalue weighted by molar-refractivity contribution is 0.170. The Bertz CT molecular complexity index is 975. The van der Waals surface area contributed by atoms with Gasteiger partial charge < -0.3 is 28.9 Å². The molecule has 2 aromatic carbocycles. The minimum absolute atomic E-state index is 0.0732. The van der Waals surface area contributed by atoms with E-state index < -0.39 is 0 Å². The fraction of sp³-hybridized carbons (Fsp3) is 0.409. The number of oxime groups is 1. The second kappa shape index (κ2) is 8.31. The molecule has 0 fully saturated rings. The third-order valence-electron chi connectivity index (χ3n) is 5.77. The van der Waals surface area contributed by atoms with Gasteiger partial charge in [-0.2, -0.15) is 0 Å². The van der Waals surface area contributed by atoms with E-state index in [2.05, 4.69) is 17.1 Å². The Morgan fingerprint density at radius 1 is 1.17 bits per heavy atom. The van der Waals surface area contributed by atoms with Gasteiger partial charge in [-0.25, -0.2) is 0 Å². The van der Waals surface area contributed by atoms with Gasteiger partial charge in [0.15, 0.2) is 11.5 Å². The van der Waals surface area contributed by atoms with Gasteiger partial charge in [-0.3, -0.25) is 4.90 Å². The maximum absolute atomic E-state index is 9.88. The van der Waals surface area contributed by atoms with Crippen molar-refractivity contribution in [3.05, 3.63) is 41.0 Å². The van der Waals surface area contributed by atoms with Gasteiger partial charge in [0.05, 0.1) is 27.0 Å². The van der Waals surface area contributed by atoms with Crippen LogP contribution >= 0.6 is 0 Å². The lowest BCUT2D eigenvalue weighted by Gasteiger charge is -2.36. The fourth-order valence-corrected chi connectivity index (χ4v) is 4.21. The van der Waals surface area contributed by atoms with Crippen molar-refractivity contribution < 1.29 is 28.9 Å². The normalized spacial score (nSPS) is 18.1. The summed E-state index contributed by atoms with van der Waals surface area (Å²) in [5.41, 5.74) is 3.40. The van der Waals surface area contributed by atoms with E-state index in [1.807, 2.05) is 18.2 Å². The minimum Gasteiger partial charge on any atom is -0.497 e. The molecule has 0 bridgehead atoms. The van der Waals surface area contributed by atoms with Gasteiger partial charge in [-0.1, -0.05) is 5.16 Å². The van der Waals surface area contributed by atoms with Crippen molar-refractivity contribution >= 4 is 5.71 Å². The highest BCUT2D eigenvalue weighted by Gasteiger charge is 2.35. The second-order valence-electron chi connectivity index (χ2n) is 7.28. The molecule has 30 heavy (non-hydrogen) atoms. The molecule has 0 amide bonds. The van der Waals surface area contributed by atoms with Crippen molar-refractivity contribution in [2.75, 3.05) is 41.7 Å². The first-order valence-corrected chi connectivity index (χ1v) is 9.74. The number of likely N-dealkylation sites (N-methyl/N-ethyl adjacent to an activating group) is 1. The van der Waals surface area contributed by atoms with Crippen LogP contribution in [0.1, 0.15) is 29.2 Å². The first-order valence-electron chi connectivity index (χ1n) is 9.74. The van der Waals surface area contributed by atoms with Gasteiger partial charge in [0.1, 0.15) is 11.5 Å². The number of rotatable bonds is 6. The van der Waals surface area contributed by atoms with Crippen molar-refractivity contribution in [3.63, 3.8) is 0 Å². The predicted molar refractivity (Wildman–Crippen MR) is 111 cm³/mol. The SMILES string of the molecule is COc1ccc(/C(C[C@@H]2c3c(cc4c(c3OC)OCO4)CCN2C)=N/O)c(OC)c1. The highest BCUT2D eigenvalue weighted by molar-refractivity contribution is 6.03. The Hall–Kier alpha value is -3.13. The van der Waals surface area contributed by atoms with Crippen molar-refractivity contribution in [1.82, 2.24) is 4.90 Å². The molecule has 0 saturated heterocycles. The summed E-state index contributed by atoms with van der Waals surface area (Å²) in [6, 6.07) is 7.39. The molecule has 0 aromatic heterocycles. The highest BCUT2D eigenvalue weighted by Crippen LogP contribution is 2.50. The Balaban J connectivity index is 1.75. The van der Waals surface area contributed by atoms with Gasteiger partial charge in [0.25, 0.3) is 0 Å². The Morgan fingerprint density at radius 3 is 2.70 bits per heavy atom. The van der Waals surface area contributed by atoms with Crippen molar-refractivity contribution in [2.24, 2.45) is 5.16 Å². The van der Waals surface area contributed by atoms with Gasteiger partial charge in [-0.05, 0) is 37.2 Å². The summed E-state index contributed by atoms with van der Waals surface area (Å²) in [4.78, 5) is 2.23. The number of hydrogen-bond acceptors (Lipinski definition) is 8. The smallest absolute Gasteiger partial charge is 0.231 e. The molecular formula is C22H26N2O6. The van der Waals surface area contributed by atoms with E-state index >= 15 is 0 Å². The molecule has 8 nitrogen and oxygen atoms in total. The molecule has 0 aliphatic carbocycles. The molecular weight excluding hydrogens is 388 g/mol. The van der Waals surface area contributed by atoms with Crippen molar-refractivity contribution in [2.45, 2.75) is 18.9 Å². The topological polar surface area (TPSA) is 82.0 Å². The van der Waals surface area contributed by atoms with E-state index in [0.717, 1.165) is 24.1 Å².